The maximum Gasteiger partial charge on any atom is 0.344 e. The number of hydrogen-bond acceptors (Lipinski definition) is 7. The van der Waals surface area contributed by atoms with Crippen molar-refractivity contribution in [3.63, 3.8) is 0 Å². The SMILES string of the molecule is CCOC(=O)c1c(C)noc1/C(O)=C/N1CCOCC1. The van der Waals surface area contributed by atoms with Gasteiger partial charge >= 0.3 is 5.97 Å². The number of nitrogens with zero attached hydrogens (tertiary/aromatic N) is 2. The van der Waals surface area contributed by atoms with Crippen LogP contribution in [0, 0.1) is 6.92 Å². The first kappa shape index (κ1) is 14.4. The van der Waals surface area contributed by atoms with E-state index in [2.05, 4.69) is 5.16 Å². The standard InChI is InChI=1S/C13H18N2O5/c1-3-19-13(17)11-9(2)14-20-12(11)10(16)8-15-4-6-18-7-5-15/h8,16H,3-7H2,1-2H3/b10-8-. The number of aromatic nitrogens is 1. The van der Waals surface area contributed by atoms with Gasteiger partial charge in [0.2, 0.25) is 5.76 Å². The third-order valence-electron chi connectivity index (χ3n) is 2.93. The van der Waals surface area contributed by atoms with E-state index in [1.807, 2.05) is 4.90 Å². The Morgan fingerprint density at radius 3 is 2.85 bits per heavy atom. The molecule has 0 aliphatic carbocycles. The van der Waals surface area contributed by atoms with Crippen LogP contribution >= 0.6 is 0 Å². The summed E-state index contributed by atoms with van der Waals surface area (Å²) < 4.78 is 15.2. The molecule has 0 saturated carbocycles. The van der Waals surface area contributed by atoms with Gasteiger partial charge in [-0.05, 0) is 13.8 Å². The fraction of sp³-hybridized carbons (Fsp3) is 0.538. The molecular weight excluding hydrogens is 264 g/mol. The number of morpholine rings is 1. The lowest BCUT2D eigenvalue weighted by Crippen LogP contribution is -2.32. The van der Waals surface area contributed by atoms with Gasteiger partial charge in [0, 0.05) is 19.3 Å². The second kappa shape index (κ2) is 6.42. The quantitative estimate of drug-likeness (QED) is 0.659. The minimum Gasteiger partial charge on any atom is -0.503 e. The largest absolute Gasteiger partial charge is 0.503 e. The first-order valence-electron chi connectivity index (χ1n) is 6.49. The molecule has 1 saturated heterocycles. The molecular formula is C13H18N2O5. The molecule has 7 nitrogen and oxygen atoms in total. The normalized spacial score (nSPS) is 16.3. The highest BCUT2D eigenvalue weighted by atomic mass is 16.5. The van der Waals surface area contributed by atoms with E-state index in [1.54, 1.807) is 13.8 Å². The van der Waals surface area contributed by atoms with E-state index in [1.165, 1.54) is 6.20 Å². The van der Waals surface area contributed by atoms with Crippen molar-refractivity contribution < 1.29 is 23.9 Å². The van der Waals surface area contributed by atoms with Crippen LogP contribution in [0.5, 0.6) is 0 Å². The molecule has 20 heavy (non-hydrogen) atoms. The second-order valence-electron chi connectivity index (χ2n) is 4.36. The van der Waals surface area contributed by atoms with Crippen LogP contribution in [0.15, 0.2) is 10.7 Å². The van der Waals surface area contributed by atoms with Gasteiger partial charge in [-0.1, -0.05) is 5.16 Å². The number of carbonyl (C=O) groups is 1. The van der Waals surface area contributed by atoms with Crippen molar-refractivity contribution >= 4 is 11.7 Å². The van der Waals surface area contributed by atoms with E-state index in [9.17, 15) is 9.90 Å². The first-order valence-corrected chi connectivity index (χ1v) is 6.49. The average molecular weight is 282 g/mol. The summed E-state index contributed by atoms with van der Waals surface area (Å²) in [6.45, 7) is 6.13. The van der Waals surface area contributed by atoms with Crippen molar-refractivity contribution in [2.75, 3.05) is 32.9 Å². The first-order chi connectivity index (χ1) is 9.63. The molecule has 2 rings (SSSR count). The Bertz CT molecular complexity index is 503. The van der Waals surface area contributed by atoms with Crippen LogP contribution in [0.3, 0.4) is 0 Å². The van der Waals surface area contributed by atoms with Gasteiger partial charge in [0.1, 0.15) is 5.56 Å². The van der Waals surface area contributed by atoms with E-state index in [4.69, 9.17) is 14.0 Å². The van der Waals surface area contributed by atoms with Crippen molar-refractivity contribution in [2.45, 2.75) is 13.8 Å². The van der Waals surface area contributed by atoms with Crippen LogP contribution in [0.2, 0.25) is 0 Å². The van der Waals surface area contributed by atoms with Crippen molar-refractivity contribution in [3.8, 4) is 0 Å². The maximum absolute atomic E-state index is 11.8. The summed E-state index contributed by atoms with van der Waals surface area (Å²) in [6.07, 6.45) is 1.53. The number of rotatable bonds is 4. The van der Waals surface area contributed by atoms with Crippen LogP contribution in [0.25, 0.3) is 5.76 Å². The molecule has 1 aliphatic heterocycles. The number of aliphatic hydroxyl groups excluding tert-OH is 1. The Labute approximate surface area is 116 Å². The molecule has 0 unspecified atom stereocenters. The molecule has 1 aromatic rings. The minimum absolute atomic E-state index is 0.0347. The van der Waals surface area contributed by atoms with Crippen LogP contribution in [-0.4, -0.2) is 54.0 Å². The molecule has 0 atom stereocenters. The monoisotopic (exact) mass is 282 g/mol. The molecule has 110 valence electrons. The number of hydrogen-bond donors (Lipinski definition) is 1. The van der Waals surface area contributed by atoms with E-state index >= 15 is 0 Å². The maximum atomic E-state index is 11.8. The van der Waals surface area contributed by atoms with Gasteiger partial charge < -0.3 is 24.0 Å². The Balaban J connectivity index is 2.23. The van der Waals surface area contributed by atoms with Crippen molar-refractivity contribution in [1.29, 1.82) is 0 Å². The van der Waals surface area contributed by atoms with Crippen LogP contribution in [-0.2, 0) is 9.47 Å². The summed E-state index contributed by atoms with van der Waals surface area (Å²) >= 11 is 0. The Hall–Kier alpha value is -2.02. The molecule has 0 aromatic carbocycles. The third kappa shape index (κ3) is 3.11. The number of aryl methyl sites for hydroxylation is 1. The van der Waals surface area contributed by atoms with Gasteiger partial charge in [0.15, 0.2) is 5.76 Å². The summed E-state index contributed by atoms with van der Waals surface area (Å²) in [4.78, 5) is 13.7. The topological polar surface area (TPSA) is 85.0 Å². The molecule has 1 N–H and O–H groups in total. The summed E-state index contributed by atoms with van der Waals surface area (Å²) in [6, 6.07) is 0. The molecule has 1 aromatic heterocycles. The van der Waals surface area contributed by atoms with Crippen molar-refractivity contribution in [2.24, 2.45) is 0 Å². The molecule has 0 amide bonds. The Morgan fingerprint density at radius 2 is 2.20 bits per heavy atom. The van der Waals surface area contributed by atoms with E-state index < -0.39 is 5.97 Å². The van der Waals surface area contributed by atoms with Gasteiger partial charge in [-0.15, -0.1) is 0 Å². The summed E-state index contributed by atoms with van der Waals surface area (Å²) in [5, 5.41) is 13.8. The van der Waals surface area contributed by atoms with Gasteiger partial charge in [0.25, 0.3) is 0 Å². The average Bonchev–Trinajstić information content (AvgIpc) is 2.82. The lowest BCUT2D eigenvalue weighted by molar-refractivity contribution is 0.0522. The minimum atomic E-state index is -0.553. The summed E-state index contributed by atoms with van der Waals surface area (Å²) in [5.41, 5.74) is 0.550. The molecule has 1 aliphatic rings. The number of esters is 1. The van der Waals surface area contributed by atoms with Gasteiger partial charge in [-0.2, -0.15) is 0 Å². The highest BCUT2D eigenvalue weighted by Crippen LogP contribution is 2.22. The highest BCUT2D eigenvalue weighted by molar-refractivity contribution is 5.94. The number of aliphatic hydroxyl groups is 1. The zero-order valence-electron chi connectivity index (χ0n) is 11.6. The fourth-order valence-electron chi connectivity index (χ4n) is 1.93. The van der Waals surface area contributed by atoms with Crippen LogP contribution < -0.4 is 0 Å². The molecule has 0 radical (unpaired) electrons. The van der Waals surface area contributed by atoms with Crippen LogP contribution in [0.1, 0.15) is 28.7 Å². The molecule has 0 bridgehead atoms. The van der Waals surface area contributed by atoms with E-state index in [0.717, 1.165) is 0 Å². The predicted octanol–water partition coefficient (Wildman–Crippen LogP) is 1.35. The highest BCUT2D eigenvalue weighted by Gasteiger charge is 2.25. The van der Waals surface area contributed by atoms with Crippen LogP contribution in [0.4, 0.5) is 0 Å². The Morgan fingerprint density at radius 1 is 1.50 bits per heavy atom. The molecule has 1 fully saturated rings. The van der Waals surface area contributed by atoms with E-state index in [-0.39, 0.29) is 23.7 Å². The predicted molar refractivity (Wildman–Crippen MR) is 70.2 cm³/mol. The van der Waals surface area contributed by atoms with Gasteiger partial charge in [0.05, 0.1) is 25.5 Å². The molecule has 7 heteroatoms. The fourth-order valence-corrected chi connectivity index (χ4v) is 1.93. The molecule has 2 heterocycles. The smallest absolute Gasteiger partial charge is 0.344 e. The second-order valence-corrected chi connectivity index (χ2v) is 4.36. The van der Waals surface area contributed by atoms with Crippen molar-refractivity contribution in [3.05, 3.63) is 23.2 Å². The van der Waals surface area contributed by atoms with Crippen molar-refractivity contribution in [1.82, 2.24) is 10.1 Å². The summed E-state index contributed by atoms with van der Waals surface area (Å²) in [7, 11) is 0. The number of carbonyl (C=O) groups excluding carboxylic acids is 1. The lowest BCUT2D eigenvalue weighted by atomic mass is 10.2. The van der Waals surface area contributed by atoms with E-state index in [0.29, 0.717) is 32.0 Å². The van der Waals surface area contributed by atoms with Gasteiger partial charge in [-0.25, -0.2) is 4.79 Å². The summed E-state index contributed by atoms with van der Waals surface area (Å²) in [5.74, 6) is -0.661. The Kier molecular flexibility index (Phi) is 4.62. The van der Waals surface area contributed by atoms with Gasteiger partial charge in [-0.3, -0.25) is 0 Å². The zero-order valence-corrected chi connectivity index (χ0v) is 11.6. The molecule has 0 spiro atoms. The third-order valence-corrected chi connectivity index (χ3v) is 2.93. The zero-order chi connectivity index (χ0) is 14.5. The lowest BCUT2D eigenvalue weighted by Gasteiger charge is -2.25. The number of ether oxygens (including phenoxy) is 2.